The monoisotopic (exact) mass is 339 g/mol. The number of anilines is 3. The summed E-state index contributed by atoms with van der Waals surface area (Å²) in [5.41, 5.74) is 1.98. The summed E-state index contributed by atoms with van der Waals surface area (Å²) >= 11 is 0. The Bertz CT molecular complexity index is 789. The Hall–Kier alpha value is -3.06. The molecule has 2 rings (SSSR count). The third-order valence-corrected chi connectivity index (χ3v) is 3.36. The molecular formula is C18H21N5O2. The van der Waals surface area contributed by atoms with Crippen molar-refractivity contribution in [2.24, 2.45) is 0 Å². The van der Waals surface area contributed by atoms with Crippen LogP contribution in [0.2, 0.25) is 0 Å². The molecule has 0 unspecified atom stereocenters. The van der Waals surface area contributed by atoms with Crippen molar-refractivity contribution in [2.45, 2.75) is 13.5 Å². The van der Waals surface area contributed by atoms with Crippen LogP contribution in [0.4, 0.5) is 17.2 Å². The quantitative estimate of drug-likeness (QED) is 0.618. The highest BCUT2D eigenvalue weighted by molar-refractivity contribution is 5.99. The van der Waals surface area contributed by atoms with Gasteiger partial charge in [-0.2, -0.15) is 0 Å². The summed E-state index contributed by atoms with van der Waals surface area (Å²) in [6, 6.07) is 6.96. The van der Waals surface area contributed by atoms with Gasteiger partial charge in [-0.1, -0.05) is 12.6 Å². The SMILES string of the molecule is C=CC(=O)Nc1cccc(N(C=O)c2nc(C)ncc2CN(C)C)c1. The minimum absolute atomic E-state index is 0.319. The number of nitrogens with one attached hydrogen (secondary N) is 1. The fraction of sp³-hybridized carbons (Fsp3) is 0.222. The third-order valence-electron chi connectivity index (χ3n) is 3.36. The van der Waals surface area contributed by atoms with Gasteiger partial charge in [0.05, 0.1) is 5.69 Å². The van der Waals surface area contributed by atoms with Gasteiger partial charge in [-0.3, -0.25) is 14.5 Å². The van der Waals surface area contributed by atoms with E-state index >= 15 is 0 Å². The van der Waals surface area contributed by atoms with E-state index in [0.717, 1.165) is 5.56 Å². The zero-order valence-corrected chi connectivity index (χ0v) is 14.6. The first-order valence-corrected chi connectivity index (χ1v) is 7.70. The van der Waals surface area contributed by atoms with Gasteiger partial charge in [0.15, 0.2) is 0 Å². The van der Waals surface area contributed by atoms with Crippen molar-refractivity contribution >= 4 is 29.5 Å². The average Bonchev–Trinajstić information content (AvgIpc) is 2.58. The fourth-order valence-corrected chi connectivity index (χ4v) is 2.30. The van der Waals surface area contributed by atoms with E-state index in [0.29, 0.717) is 36.0 Å². The van der Waals surface area contributed by atoms with Crippen LogP contribution in [-0.2, 0) is 16.1 Å². The Kier molecular flexibility index (Phi) is 5.97. The largest absolute Gasteiger partial charge is 0.322 e. The number of aromatic nitrogens is 2. The van der Waals surface area contributed by atoms with Crippen molar-refractivity contribution in [1.29, 1.82) is 0 Å². The van der Waals surface area contributed by atoms with Crippen molar-refractivity contribution < 1.29 is 9.59 Å². The molecule has 0 atom stereocenters. The number of carbonyl (C=O) groups is 2. The van der Waals surface area contributed by atoms with Gasteiger partial charge >= 0.3 is 0 Å². The normalized spacial score (nSPS) is 10.4. The van der Waals surface area contributed by atoms with Gasteiger partial charge in [0.25, 0.3) is 0 Å². The molecule has 7 nitrogen and oxygen atoms in total. The van der Waals surface area contributed by atoms with Crippen LogP contribution in [0.5, 0.6) is 0 Å². The van der Waals surface area contributed by atoms with Crippen LogP contribution >= 0.6 is 0 Å². The standard InChI is InChI=1S/C18H21N5O2/c1-5-17(25)21-15-7-6-8-16(9-15)23(12-24)18-14(11-22(3)4)10-19-13(2)20-18/h5-10,12H,1,11H2,2-4H3,(H,21,25). The lowest BCUT2D eigenvalue weighted by Gasteiger charge is -2.22. The van der Waals surface area contributed by atoms with Crippen LogP contribution in [0.3, 0.4) is 0 Å². The molecular weight excluding hydrogens is 318 g/mol. The Labute approximate surface area is 147 Å². The molecule has 7 heteroatoms. The van der Waals surface area contributed by atoms with E-state index in [2.05, 4.69) is 21.9 Å². The number of benzene rings is 1. The molecule has 0 saturated carbocycles. The summed E-state index contributed by atoms with van der Waals surface area (Å²) in [5.74, 6) is 0.768. The molecule has 0 spiro atoms. The van der Waals surface area contributed by atoms with Gasteiger partial charge in [0, 0.05) is 24.0 Å². The first kappa shape index (κ1) is 18.3. The maximum absolute atomic E-state index is 11.8. The molecule has 0 saturated heterocycles. The van der Waals surface area contributed by atoms with Crippen molar-refractivity contribution in [3.05, 3.63) is 54.5 Å². The molecule has 1 aromatic carbocycles. The fourth-order valence-electron chi connectivity index (χ4n) is 2.30. The molecule has 0 radical (unpaired) electrons. The number of hydrogen-bond acceptors (Lipinski definition) is 5. The maximum atomic E-state index is 11.8. The molecule has 0 aliphatic carbocycles. The summed E-state index contributed by atoms with van der Waals surface area (Å²) < 4.78 is 0. The average molecular weight is 339 g/mol. The highest BCUT2D eigenvalue weighted by Gasteiger charge is 2.16. The lowest BCUT2D eigenvalue weighted by atomic mass is 10.2. The minimum atomic E-state index is -0.319. The van der Waals surface area contributed by atoms with Crippen LogP contribution in [0.15, 0.2) is 43.1 Å². The van der Waals surface area contributed by atoms with E-state index in [-0.39, 0.29) is 5.91 Å². The van der Waals surface area contributed by atoms with Crippen molar-refractivity contribution in [1.82, 2.24) is 14.9 Å². The number of amides is 2. The van der Waals surface area contributed by atoms with Crippen molar-refractivity contribution in [2.75, 3.05) is 24.3 Å². The Morgan fingerprint density at radius 2 is 2.12 bits per heavy atom. The lowest BCUT2D eigenvalue weighted by Crippen LogP contribution is -2.21. The highest BCUT2D eigenvalue weighted by Crippen LogP contribution is 2.28. The molecule has 130 valence electrons. The molecule has 0 aliphatic heterocycles. The summed E-state index contributed by atoms with van der Waals surface area (Å²) in [4.78, 5) is 35.3. The van der Waals surface area contributed by atoms with Gasteiger partial charge < -0.3 is 10.2 Å². The molecule has 0 aliphatic rings. The predicted molar refractivity (Wildman–Crippen MR) is 97.6 cm³/mol. The summed E-state index contributed by atoms with van der Waals surface area (Å²) in [5, 5.41) is 2.68. The minimum Gasteiger partial charge on any atom is -0.322 e. The second kappa shape index (κ2) is 8.16. The molecule has 25 heavy (non-hydrogen) atoms. The zero-order valence-electron chi connectivity index (χ0n) is 14.6. The molecule has 1 heterocycles. The van der Waals surface area contributed by atoms with Gasteiger partial charge in [0.2, 0.25) is 12.3 Å². The number of carbonyl (C=O) groups excluding carboxylic acids is 2. The van der Waals surface area contributed by atoms with Crippen LogP contribution in [0, 0.1) is 6.92 Å². The topological polar surface area (TPSA) is 78.4 Å². The molecule has 0 fully saturated rings. The molecule has 2 amide bonds. The molecule has 2 aromatic rings. The summed E-state index contributed by atoms with van der Waals surface area (Å²) in [6.07, 6.45) is 3.61. The van der Waals surface area contributed by atoms with Gasteiger partial charge in [-0.25, -0.2) is 9.97 Å². The van der Waals surface area contributed by atoms with Gasteiger partial charge in [-0.05, 0) is 45.3 Å². The third kappa shape index (κ3) is 4.71. The van der Waals surface area contributed by atoms with E-state index in [9.17, 15) is 9.59 Å². The Balaban J connectivity index is 2.45. The van der Waals surface area contributed by atoms with Gasteiger partial charge in [-0.15, -0.1) is 0 Å². The lowest BCUT2D eigenvalue weighted by molar-refractivity contribution is -0.112. The van der Waals surface area contributed by atoms with E-state index in [1.807, 2.05) is 19.0 Å². The first-order chi connectivity index (χ1) is 11.9. The Morgan fingerprint density at radius 3 is 2.76 bits per heavy atom. The first-order valence-electron chi connectivity index (χ1n) is 7.70. The van der Waals surface area contributed by atoms with Crippen LogP contribution in [0.1, 0.15) is 11.4 Å². The zero-order chi connectivity index (χ0) is 18.4. The van der Waals surface area contributed by atoms with Crippen LogP contribution in [-0.4, -0.2) is 41.3 Å². The smallest absolute Gasteiger partial charge is 0.247 e. The molecule has 0 bridgehead atoms. The number of nitrogens with zero attached hydrogens (tertiary/aromatic N) is 4. The second-order valence-electron chi connectivity index (χ2n) is 5.72. The number of hydrogen-bond donors (Lipinski definition) is 1. The number of aryl methyl sites for hydroxylation is 1. The maximum Gasteiger partial charge on any atom is 0.247 e. The summed E-state index contributed by atoms with van der Waals surface area (Å²) in [7, 11) is 3.86. The van der Waals surface area contributed by atoms with Gasteiger partial charge in [0.1, 0.15) is 11.6 Å². The highest BCUT2D eigenvalue weighted by atomic mass is 16.1. The van der Waals surface area contributed by atoms with E-state index in [1.54, 1.807) is 37.4 Å². The Morgan fingerprint density at radius 1 is 1.36 bits per heavy atom. The van der Waals surface area contributed by atoms with Crippen LogP contribution < -0.4 is 10.2 Å². The van der Waals surface area contributed by atoms with E-state index in [1.165, 1.54) is 11.0 Å². The molecule has 1 N–H and O–H groups in total. The second-order valence-corrected chi connectivity index (χ2v) is 5.72. The molecule has 1 aromatic heterocycles. The predicted octanol–water partition coefficient (Wildman–Crippen LogP) is 2.27. The van der Waals surface area contributed by atoms with E-state index in [4.69, 9.17) is 0 Å². The van der Waals surface area contributed by atoms with Crippen LogP contribution in [0.25, 0.3) is 0 Å². The number of rotatable bonds is 7. The van der Waals surface area contributed by atoms with Crippen molar-refractivity contribution in [3.8, 4) is 0 Å². The van der Waals surface area contributed by atoms with Crippen molar-refractivity contribution in [3.63, 3.8) is 0 Å². The summed E-state index contributed by atoms with van der Waals surface area (Å²) in [6.45, 7) is 5.79. The van der Waals surface area contributed by atoms with E-state index < -0.39 is 0 Å².